The molecule has 3 aromatic carbocycles. The molecular formula is C23H18F2N4O3. The minimum absolute atomic E-state index is 0.166. The van der Waals surface area contributed by atoms with Crippen molar-refractivity contribution in [3.8, 4) is 5.75 Å². The lowest BCUT2D eigenvalue weighted by molar-refractivity contribution is -0.381. The summed E-state index contributed by atoms with van der Waals surface area (Å²) in [5.41, 5.74) is 1.72. The van der Waals surface area contributed by atoms with Crippen molar-refractivity contribution in [1.82, 2.24) is 15.3 Å². The normalized spacial score (nSPS) is 16.6. The van der Waals surface area contributed by atoms with E-state index in [1.807, 2.05) is 0 Å². The second-order valence-electron chi connectivity index (χ2n) is 8.17. The van der Waals surface area contributed by atoms with Gasteiger partial charge in [-0.05, 0) is 55.8 Å². The van der Waals surface area contributed by atoms with Crippen LogP contribution in [0.15, 0.2) is 36.4 Å². The Labute approximate surface area is 179 Å². The minimum atomic E-state index is -0.504. The quantitative estimate of drug-likeness (QED) is 0.264. The van der Waals surface area contributed by atoms with E-state index in [0.29, 0.717) is 45.2 Å². The van der Waals surface area contributed by atoms with Crippen molar-refractivity contribution in [3.05, 3.63) is 58.1 Å². The molecule has 0 aliphatic carbocycles. The molecule has 1 aliphatic heterocycles. The molecule has 2 aromatic heterocycles. The molecule has 1 aliphatic rings. The number of nitro groups is 1. The fraction of sp³-hybridized carbons (Fsp3) is 0.217. The molecule has 6 rings (SSSR count). The van der Waals surface area contributed by atoms with Crippen LogP contribution in [0, 0.1) is 21.7 Å². The van der Waals surface area contributed by atoms with Crippen LogP contribution >= 0.6 is 0 Å². The summed E-state index contributed by atoms with van der Waals surface area (Å²) in [5.74, 6) is -0.603. The SMILES string of the molecule is O=[N+]([O-])c1c2c([nH]c3ccc(F)cc32)c(OCC2CCCN2)c2[nH]c3ccc(F)cc3c12. The summed E-state index contributed by atoms with van der Waals surface area (Å²) in [6.07, 6.45) is 2.02. The monoisotopic (exact) mass is 436 g/mol. The van der Waals surface area contributed by atoms with Crippen LogP contribution in [0.25, 0.3) is 43.6 Å². The Bertz CT molecular complexity index is 1450. The van der Waals surface area contributed by atoms with Gasteiger partial charge in [-0.15, -0.1) is 0 Å². The molecular weight excluding hydrogens is 418 g/mol. The number of hydrogen-bond acceptors (Lipinski definition) is 4. The van der Waals surface area contributed by atoms with E-state index in [4.69, 9.17) is 4.74 Å². The van der Waals surface area contributed by atoms with E-state index in [-0.39, 0.29) is 22.5 Å². The zero-order valence-electron chi connectivity index (χ0n) is 16.8. The number of aromatic amines is 2. The maximum Gasteiger partial charge on any atom is 0.289 e. The summed E-state index contributed by atoms with van der Waals surface area (Å²) < 4.78 is 34.5. The van der Waals surface area contributed by atoms with Crippen molar-refractivity contribution in [2.75, 3.05) is 13.2 Å². The van der Waals surface area contributed by atoms with Gasteiger partial charge in [0.05, 0.1) is 26.7 Å². The van der Waals surface area contributed by atoms with E-state index in [9.17, 15) is 18.9 Å². The van der Waals surface area contributed by atoms with Gasteiger partial charge in [0.15, 0.2) is 5.75 Å². The Kier molecular flexibility index (Phi) is 4.09. The van der Waals surface area contributed by atoms with Gasteiger partial charge in [0.2, 0.25) is 0 Å². The molecule has 1 unspecified atom stereocenters. The van der Waals surface area contributed by atoms with Crippen molar-refractivity contribution >= 4 is 49.3 Å². The first-order valence-electron chi connectivity index (χ1n) is 10.4. The van der Waals surface area contributed by atoms with Crippen molar-refractivity contribution in [1.29, 1.82) is 0 Å². The molecule has 3 heterocycles. The van der Waals surface area contributed by atoms with Gasteiger partial charge in [-0.1, -0.05) is 0 Å². The number of benzene rings is 3. The number of nitrogens with one attached hydrogen (secondary N) is 3. The van der Waals surface area contributed by atoms with Crippen LogP contribution in [-0.2, 0) is 0 Å². The highest BCUT2D eigenvalue weighted by atomic mass is 19.1. The number of nitro benzene ring substituents is 1. The second kappa shape index (κ2) is 6.89. The minimum Gasteiger partial charge on any atom is -0.488 e. The zero-order chi connectivity index (χ0) is 22.0. The Morgan fingerprint density at radius 1 is 1.00 bits per heavy atom. The first kappa shape index (κ1) is 19.0. The zero-order valence-corrected chi connectivity index (χ0v) is 16.8. The predicted octanol–water partition coefficient (Wildman–Crippen LogP) is 5.27. The van der Waals surface area contributed by atoms with Crippen LogP contribution < -0.4 is 10.1 Å². The van der Waals surface area contributed by atoms with E-state index < -0.39 is 16.6 Å². The van der Waals surface area contributed by atoms with Gasteiger partial charge in [0, 0.05) is 27.8 Å². The summed E-state index contributed by atoms with van der Waals surface area (Å²) in [7, 11) is 0. The van der Waals surface area contributed by atoms with E-state index in [2.05, 4.69) is 15.3 Å². The molecule has 1 atom stereocenters. The van der Waals surface area contributed by atoms with Crippen LogP contribution in [-0.4, -0.2) is 34.1 Å². The number of ether oxygens (including phenoxy) is 1. The summed E-state index contributed by atoms with van der Waals surface area (Å²) in [6.45, 7) is 1.28. The molecule has 0 radical (unpaired) electrons. The molecule has 7 nitrogen and oxygen atoms in total. The lowest BCUT2D eigenvalue weighted by atomic mass is 10.0. The summed E-state index contributed by atoms with van der Waals surface area (Å²) in [6, 6.07) is 8.38. The van der Waals surface area contributed by atoms with Crippen molar-refractivity contribution in [2.45, 2.75) is 18.9 Å². The van der Waals surface area contributed by atoms with Crippen molar-refractivity contribution < 1.29 is 18.4 Å². The molecule has 9 heteroatoms. The first-order valence-corrected chi connectivity index (χ1v) is 10.4. The molecule has 0 amide bonds. The van der Waals surface area contributed by atoms with Crippen molar-refractivity contribution in [2.24, 2.45) is 0 Å². The van der Waals surface area contributed by atoms with Gasteiger partial charge in [0.1, 0.15) is 18.2 Å². The van der Waals surface area contributed by atoms with E-state index in [1.165, 1.54) is 24.3 Å². The standard InChI is InChI=1S/C23H18F2N4O3/c24-11-3-5-16-14(8-11)18-20(27-16)23(32-10-13-2-1-7-26-13)21-19(22(18)29(30)31)15-9-12(25)4-6-17(15)28-21/h3-6,8-9,13,26-28H,1-2,7,10H2. The van der Waals surface area contributed by atoms with Crippen molar-refractivity contribution in [3.63, 3.8) is 0 Å². The molecule has 1 fully saturated rings. The Morgan fingerprint density at radius 2 is 1.59 bits per heavy atom. The largest absolute Gasteiger partial charge is 0.488 e. The molecule has 162 valence electrons. The molecule has 32 heavy (non-hydrogen) atoms. The predicted molar refractivity (Wildman–Crippen MR) is 118 cm³/mol. The third-order valence-corrected chi connectivity index (χ3v) is 6.22. The number of rotatable bonds is 4. The molecule has 0 saturated carbocycles. The van der Waals surface area contributed by atoms with Crippen LogP contribution in [0.2, 0.25) is 0 Å². The number of non-ortho nitro benzene ring substituents is 1. The number of halogens is 2. The van der Waals surface area contributed by atoms with E-state index in [0.717, 1.165) is 19.4 Å². The third kappa shape index (κ3) is 2.74. The van der Waals surface area contributed by atoms with E-state index in [1.54, 1.807) is 12.1 Å². The van der Waals surface area contributed by atoms with Crippen LogP contribution in [0.3, 0.4) is 0 Å². The second-order valence-corrected chi connectivity index (χ2v) is 8.17. The fourth-order valence-corrected chi connectivity index (χ4v) is 4.82. The Morgan fingerprint density at radius 3 is 2.09 bits per heavy atom. The molecule has 1 saturated heterocycles. The maximum atomic E-state index is 14.1. The summed E-state index contributed by atoms with van der Waals surface area (Å²) in [5, 5.41) is 16.9. The molecule has 3 N–H and O–H groups in total. The van der Waals surface area contributed by atoms with Gasteiger partial charge in [0.25, 0.3) is 5.69 Å². The number of hydrogen-bond donors (Lipinski definition) is 3. The van der Waals surface area contributed by atoms with Crippen LogP contribution in [0.5, 0.6) is 5.75 Å². The molecule has 5 aromatic rings. The Balaban J connectivity index is 1.76. The Hall–Kier alpha value is -3.72. The summed E-state index contributed by atoms with van der Waals surface area (Å²) in [4.78, 5) is 18.2. The molecule has 0 spiro atoms. The lowest BCUT2D eigenvalue weighted by Crippen LogP contribution is -2.28. The number of nitrogens with zero attached hydrogens (tertiary/aromatic N) is 1. The number of H-pyrrole nitrogens is 2. The van der Waals surface area contributed by atoms with Gasteiger partial charge in [-0.2, -0.15) is 0 Å². The maximum absolute atomic E-state index is 14.1. The van der Waals surface area contributed by atoms with Gasteiger partial charge in [-0.3, -0.25) is 10.1 Å². The lowest BCUT2D eigenvalue weighted by Gasteiger charge is -2.14. The average Bonchev–Trinajstić information content (AvgIpc) is 3.48. The topological polar surface area (TPSA) is 96.0 Å². The average molecular weight is 436 g/mol. The van der Waals surface area contributed by atoms with Crippen LogP contribution in [0.4, 0.5) is 14.5 Å². The van der Waals surface area contributed by atoms with Gasteiger partial charge in [-0.25, -0.2) is 8.78 Å². The smallest absolute Gasteiger partial charge is 0.289 e. The molecule has 0 bridgehead atoms. The number of aromatic nitrogens is 2. The fourth-order valence-electron chi connectivity index (χ4n) is 4.82. The van der Waals surface area contributed by atoms with Crippen LogP contribution in [0.1, 0.15) is 12.8 Å². The van der Waals surface area contributed by atoms with Gasteiger partial charge >= 0.3 is 0 Å². The highest BCUT2D eigenvalue weighted by molar-refractivity contribution is 6.27. The third-order valence-electron chi connectivity index (χ3n) is 6.22. The van der Waals surface area contributed by atoms with Gasteiger partial charge < -0.3 is 20.0 Å². The number of fused-ring (bicyclic) bond motifs is 6. The first-order chi connectivity index (χ1) is 15.5. The summed E-state index contributed by atoms with van der Waals surface area (Å²) >= 11 is 0. The highest BCUT2D eigenvalue weighted by Crippen LogP contribution is 2.48. The highest BCUT2D eigenvalue weighted by Gasteiger charge is 2.30. The van der Waals surface area contributed by atoms with E-state index >= 15 is 0 Å².